The van der Waals surface area contributed by atoms with Crippen LogP contribution in [0.25, 0.3) is 0 Å². The van der Waals surface area contributed by atoms with Crippen LogP contribution in [0, 0.1) is 17.6 Å². The van der Waals surface area contributed by atoms with Crippen LogP contribution in [0.15, 0.2) is 60.2 Å². The van der Waals surface area contributed by atoms with Crippen molar-refractivity contribution in [3.8, 4) is 0 Å². The Hall–Kier alpha value is -2.24. The van der Waals surface area contributed by atoms with Crippen LogP contribution in [0.3, 0.4) is 0 Å². The number of halogens is 3. The lowest BCUT2D eigenvalue weighted by atomic mass is 9.87. The minimum atomic E-state index is -0.282. The Morgan fingerprint density at radius 1 is 0.939 bits per heavy atom. The molecule has 0 saturated heterocycles. The molecule has 0 aromatic heterocycles. The fourth-order valence-corrected chi connectivity index (χ4v) is 3.72. The summed E-state index contributed by atoms with van der Waals surface area (Å²) in [5.41, 5.74) is 3.17. The average Bonchev–Trinajstić information content (AvgIpc) is 2.74. The topological polar surface area (TPSA) is 41.1 Å². The molecule has 0 aliphatic carbocycles. The van der Waals surface area contributed by atoms with E-state index in [1.165, 1.54) is 29.8 Å². The van der Waals surface area contributed by atoms with Gasteiger partial charge in [0, 0.05) is 19.0 Å². The van der Waals surface area contributed by atoms with Gasteiger partial charge in [-0.15, -0.1) is 12.4 Å². The Morgan fingerprint density at radius 3 is 1.91 bits per heavy atom. The number of hydrogen-bond donors (Lipinski definition) is 2. The maximum atomic E-state index is 13.4. The number of rotatable bonds is 12. The van der Waals surface area contributed by atoms with Crippen molar-refractivity contribution in [2.75, 3.05) is 13.1 Å². The largest absolute Gasteiger partial charge is 0.355 e. The van der Waals surface area contributed by atoms with E-state index in [0.717, 1.165) is 30.4 Å². The fraction of sp³-hybridized carbons (Fsp3) is 0.444. The van der Waals surface area contributed by atoms with Gasteiger partial charge in [-0.2, -0.15) is 0 Å². The Labute approximate surface area is 203 Å². The molecule has 2 N–H and O–H groups in total. The maximum absolute atomic E-state index is 13.4. The van der Waals surface area contributed by atoms with Gasteiger partial charge in [0.2, 0.25) is 5.91 Å². The molecule has 1 amide bonds. The van der Waals surface area contributed by atoms with Gasteiger partial charge in [0.25, 0.3) is 0 Å². The van der Waals surface area contributed by atoms with E-state index in [2.05, 4.69) is 30.6 Å². The number of hydrogen-bond acceptors (Lipinski definition) is 2. The second-order valence-corrected chi connectivity index (χ2v) is 8.96. The van der Waals surface area contributed by atoms with Crippen LogP contribution in [0.2, 0.25) is 0 Å². The predicted molar refractivity (Wildman–Crippen MR) is 135 cm³/mol. The first-order valence-corrected chi connectivity index (χ1v) is 11.4. The van der Waals surface area contributed by atoms with Gasteiger partial charge in [-0.25, -0.2) is 8.78 Å². The molecule has 0 radical (unpaired) electrons. The molecule has 0 unspecified atom stereocenters. The quantitative estimate of drug-likeness (QED) is 0.274. The molecular weight excluding hydrogens is 442 g/mol. The van der Waals surface area contributed by atoms with Crippen molar-refractivity contribution in [3.05, 3.63) is 82.9 Å². The first-order valence-electron chi connectivity index (χ1n) is 11.4. The molecule has 0 aliphatic rings. The van der Waals surface area contributed by atoms with E-state index in [1.807, 2.05) is 13.8 Å². The summed E-state index contributed by atoms with van der Waals surface area (Å²) in [4.78, 5) is 12.7. The van der Waals surface area contributed by atoms with E-state index < -0.39 is 0 Å². The van der Waals surface area contributed by atoms with Crippen LogP contribution < -0.4 is 10.6 Å². The van der Waals surface area contributed by atoms with Crippen molar-refractivity contribution in [3.63, 3.8) is 0 Å². The van der Waals surface area contributed by atoms with Crippen molar-refractivity contribution in [1.82, 2.24) is 10.6 Å². The van der Waals surface area contributed by atoms with Crippen LogP contribution >= 0.6 is 12.4 Å². The summed E-state index contributed by atoms with van der Waals surface area (Å²) in [6.45, 7) is 9.52. The second kappa shape index (κ2) is 14.8. The Bertz CT molecular complexity index is 817. The van der Waals surface area contributed by atoms with Gasteiger partial charge in [0.1, 0.15) is 11.6 Å². The molecule has 6 heteroatoms. The summed E-state index contributed by atoms with van der Waals surface area (Å²) in [5.74, 6) is -0.131. The van der Waals surface area contributed by atoms with E-state index in [4.69, 9.17) is 0 Å². The molecular formula is C27H37ClF2N2O. The second-order valence-electron chi connectivity index (χ2n) is 8.96. The fourth-order valence-electron chi connectivity index (χ4n) is 3.72. The monoisotopic (exact) mass is 478 g/mol. The van der Waals surface area contributed by atoms with Crippen LogP contribution in [-0.4, -0.2) is 25.0 Å². The summed E-state index contributed by atoms with van der Waals surface area (Å²) >= 11 is 0. The van der Waals surface area contributed by atoms with Crippen LogP contribution in [-0.2, 0) is 4.79 Å². The minimum Gasteiger partial charge on any atom is -0.355 e. The summed E-state index contributed by atoms with van der Waals surface area (Å²) in [5, 5.41) is 6.40. The smallest absolute Gasteiger partial charge is 0.237 e. The molecule has 3 nitrogen and oxygen atoms in total. The van der Waals surface area contributed by atoms with Gasteiger partial charge in [-0.3, -0.25) is 4.79 Å². The minimum absolute atomic E-state index is 0. The first kappa shape index (κ1) is 28.8. The lowest BCUT2D eigenvalue weighted by molar-refractivity contribution is -0.123. The highest BCUT2D eigenvalue weighted by Gasteiger charge is 2.19. The van der Waals surface area contributed by atoms with Crippen LogP contribution in [0.4, 0.5) is 8.78 Å². The number of benzene rings is 2. The Kier molecular flexibility index (Phi) is 12.9. The summed E-state index contributed by atoms with van der Waals surface area (Å²) in [7, 11) is 0. The van der Waals surface area contributed by atoms with Crippen molar-refractivity contribution in [1.29, 1.82) is 0 Å². The molecule has 0 spiro atoms. The summed E-state index contributed by atoms with van der Waals surface area (Å²) in [6, 6.07) is 12.6. The molecule has 0 fully saturated rings. The van der Waals surface area contributed by atoms with Crippen molar-refractivity contribution >= 4 is 18.3 Å². The number of carbonyl (C=O) groups is 1. The van der Waals surface area contributed by atoms with E-state index in [1.54, 1.807) is 24.3 Å². The molecule has 33 heavy (non-hydrogen) atoms. The number of amides is 1. The van der Waals surface area contributed by atoms with E-state index in [9.17, 15) is 13.6 Å². The molecule has 0 heterocycles. The average molecular weight is 479 g/mol. The first-order chi connectivity index (χ1) is 15.3. The van der Waals surface area contributed by atoms with Gasteiger partial charge in [0.15, 0.2) is 0 Å². The highest BCUT2D eigenvalue weighted by Crippen LogP contribution is 2.29. The lowest BCUT2D eigenvalue weighted by Gasteiger charge is -2.21. The molecule has 0 aliphatic heterocycles. The maximum Gasteiger partial charge on any atom is 0.237 e. The zero-order valence-electron chi connectivity index (χ0n) is 20.0. The van der Waals surface area contributed by atoms with E-state index in [0.29, 0.717) is 19.0 Å². The normalized spacial score (nSPS) is 11.8. The molecule has 0 saturated carbocycles. The molecule has 0 bridgehead atoms. The van der Waals surface area contributed by atoms with Gasteiger partial charge < -0.3 is 10.6 Å². The number of nitrogens with one attached hydrogen (secondary N) is 2. The molecule has 182 valence electrons. The summed E-state index contributed by atoms with van der Waals surface area (Å²) < 4.78 is 26.8. The Morgan fingerprint density at radius 2 is 1.45 bits per heavy atom. The lowest BCUT2D eigenvalue weighted by Crippen LogP contribution is -2.45. The van der Waals surface area contributed by atoms with E-state index in [-0.39, 0.29) is 41.9 Å². The van der Waals surface area contributed by atoms with Gasteiger partial charge in [0.05, 0.1) is 6.04 Å². The highest BCUT2D eigenvalue weighted by atomic mass is 35.5. The molecule has 2 aromatic carbocycles. The molecule has 2 rings (SSSR count). The Balaban J connectivity index is 0.00000544. The van der Waals surface area contributed by atoms with E-state index >= 15 is 0 Å². The van der Waals surface area contributed by atoms with Crippen LogP contribution in [0.5, 0.6) is 0 Å². The third-order valence-electron chi connectivity index (χ3n) is 5.41. The zero-order valence-corrected chi connectivity index (χ0v) is 20.9. The van der Waals surface area contributed by atoms with Crippen molar-refractivity contribution in [2.24, 2.45) is 5.92 Å². The molecule has 2 aromatic rings. The predicted octanol–water partition coefficient (Wildman–Crippen LogP) is 6.39. The third-order valence-corrected chi connectivity index (χ3v) is 5.41. The molecule has 1 atom stereocenters. The van der Waals surface area contributed by atoms with Crippen LogP contribution in [0.1, 0.15) is 64.0 Å². The van der Waals surface area contributed by atoms with Gasteiger partial charge in [-0.1, -0.05) is 49.8 Å². The van der Waals surface area contributed by atoms with Crippen molar-refractivity contribution < 1.29 is 13.6 Å². The SMILES string of the molecule is CC(C)=CCN[C@@H](CC(C)C)C(=O)NCCCC(c1ccc(F)cc1)c1ccc(F)cc1.Cl. The van der Waals surface area contributed by atoms with Gasteiger partial charge in [-0.05, 0) is 74.4 Å². The third kappa shape index (κ3) is 10.5. The summed E-state index contributed by atoms with van der Waals surface area (Å²) in [6.07, 6.45) is 4.37. The number of carbonyl (C=O) groups excluding carboxylic acids is 1. The highest BCUT2D eigenvalue weighted by molar-refractivity contribution is 5.85. The zero-order chi connectivity index (χ0) is 23.5. The standard InChI is InChI=1S/C27H36F2N2O.ClH/c1-19(2)15-17-30-26(18-20(3)4)27(32)31-16-5-6-25(21-7-11-23(28)12-8-21)22-9-13-24(29)14-10-22;/h7-15,20,25-26,30H,5-6,16-18H2,1-4H3,(H,31,32);1H/t26-;/m0./s1. The van der Waals surface area contributed by atoms with Gasteiger partial charge >= 0.3 is 0 Å². The van der Waals surface area contributed by atoms with Crippen molar-refractivity contribution in [2.45, 2.75) is 58.9 Å². The number of allylic oxidation sites excluding steroid dienone is 1.